The summed E-state index contributed by atoms with van der Waals surface area (Å²) in [6.45, 7) is 3.92. The van der Waals surface area contributed by atoms with Gasteiger partial charge in [-0.3, -0.25) is 9.00 Å². The van der Waals surface area contributed by atoms with Crippen LogP contribution >= 0.6 is 23.2 Å². The SMILES string of the molecule is Cc1ccc(C(=O)CS(=O)c2cc(Cl)ccc2Cl)cc1C. The van der Waals surface area contributed by atoms with E-state index in [1.165, 1.54) is 6.07 Å². The van der Waals surface area contributed by atoms with Crippen LogP contribution in [0.15, 0.2) is 41.3 Å². The molecule has 2 nitrogen and oxygen atoms in total. The lowest BCUT2D eigenvalue weighted by Crippen LogP contribution is -2.11. The molecule has 21 heavy (non-hydrogen) atoms. The van der Waals surface area contributed by atoms with Gasteiger partial charge < -0.3 is 0 Å². The monoisotopic (exact) mass is 340 g/mol. The summed E-state index contributed by atoms with van der Waals surface area (Å²) in [6.07, 6.45) is 0. The molecule has 0 aliphatic rings. The molecule has 0 spiro atoms. The van der Waals surface area contributed by atoms with Gasteiger partial charge in [0.2, 0.25) is 0 Å². The minimum atomic E-state index is -1.51. The molecule has 0 amide bonds. The molecule has 1 atom stereocenters. The molecule has 2 rings (SSSR count). The highest BCUT2D eigenvalue weighted by Crippen LogP contribution is 2.24. The van der Waals surface area contributed by atoms with Gasteiger partial charge in [0, 0.05) is 10.6 Å². The number of hydrogen-bond acceptors (Lipinski definition) is 2. The maximum atomic E-state index is 12.3. The molecule has 0 aromatic heterocycles. The second-order valence-electron chi connectivity index (χ2n) is 4.79. The van der Waals surface area contributed by atoms with Gasteiger partial charge in [0.25, 0.3) is 0 Å². The van der Waals surface area contributed by atoms with Gasteiger partial charge in [0.15, 0.2) is 5.78 Å². The Morgan fingerprint density at radius 1 is 1.05 bits per heavy atom. The Hall–Kier alpha value is -1.16. The summed E-state index contributed by atoms with van der Waals surface area (Å²) in [6, 6.07) is 10.2. The molecule has 0 bridgehead atoms. The van der Waals surface area contributed by atoms with E-state index in [1.54, 1.807) is 18.2 Å². The molecule has 0 radical (unpaired) electrons. The van der Waals surface area contributed by atoms with Gasteiger partial charge >= 0.3 is 0 Å². The Bertz CT molecular complexity index is 726. The number of halogens is 2. The largest absolute Gasteiger partial charge is 0.293 e. The Kier molecular flexibility index (Phi) is 5.20. The first kappa shape index (κ1) is 16.2. The summed E-state index contributed by atoms with van der Waals surface area (Å²) >= 11 is 11.9. The van der Waals surface area contributed by atoms with E-state index in [0.29, 0.717) is 20.5 Å². The molecule has 0 aliphatic heterocycles. The standard InChI is InChI=1S/C16H14Cl2O2S/c1-10-3-4-12(7-11(10)2)15(19)9-21(20)16-8-13(17)5-6-14(16)18/h3-8H,9H2,1-2H3. The maximum absolute atomic E-state index is 12.3. The van der Waals surface area contributed by atoms with Crippen molar-refractivity contribution < 1.29 is 9.00 Å². The predicted molar refractivity (Wildman–Crippen MR) is 88.0 cm³/mol. The van der Waals surface area contributed by atoms with Crippen LogP contribution in [0.2, 0.25) is 10.0 Å². The Balaban J connectivity index is 2.20. The molecule has 0 heterocycles. The number of Topliss-reactive ketones (excluding diaryl/α,β-unsaturated/α-hetero) is 1. The second kappa shape index (κ2) is 6.73. The molecule has 2 aromatic carbocycles. The van der Waals surface area contributed by atoms with Crippen LogP contribution in [0.1, 0.15) is 21.5 Å². The molecule has 110 valence electrons. The molecular weight excluding hydrogens is 327 g/mol. The topological polar surface area (TPSA) is 34.1 Å². The van der Waals surface area contributed by atoms with Crippen LogP contribution in [0.5, 0.6) is 0 Å². The highest BCUT2D eigenvalue weighted by Gasteiger charge is 2.15. The van der Waals surface area contributed by atoms with Gasteiger partial charge in [-0.25, -0.2) is 0 Å². The van der Waals surface area contributed by atoms with Crippen LogP contribution in [0, 0.1) is 13.8 Å². The normalized spacial score (nSPS) is 12.2. The van der Waals surface area contributed by atoms with Crippen LogP contribution < -0.4 is 0 Å². The van der Waals surface area contributed by atoms with E-state index in [-0.39, 0.29) is 11.5 Å². The molecule has 0 saturated heterocycles. The molecule has 0 fully saturated rings. The van der Waals surface area contributed by atoms with Crippen molar-refractivity contribution in [2.45, 2.75) is 18.7 Å². The highest BCUT2D eigenvalue weighted by molar-refractivity contribution is 7.86. The summed E-state index contributed by atoms with van der Waals surface area (Å²) in [7, 11) is -1.51. The quantitative estimate of drug-likeness (QED) is 0.762. The van der Waals surface area contributed by atoms with Crippen LogP contribution in [-0.4, -0.2) is 15.7 Å². The van der Waals surface area contributed by atoms with Crippen LogP contribution in [0.25, 0.3) is 0 Å². The summed E-state index contributed by atoms with van der Waals surface area (Å²) in [5.74, 6) is -0.282. The van der Waals surface area contributed by atoms with Crippen molar-refractivity contribution in [1.82, 2.24) is 0 Å². The van der Waals surface area contributed by atoms with E-state index in [2.05, 4.69) is 0 Å². The van der Waals surface area contributed by atoms with E-state index >= 15 is 0 Å². The number of carbonyl (C=O) groups is 1. The maximum Gasteiger partial charge on any atom is 0.175 e. The fourth-order valence-electron chi connectivity index (χ4n) is 1.85. The summed E-state index contributed by atoms with van der Waals surface area (Å²) in [4.78, 5) is 12.6. The Labute approximate surface area is 136 Å². The van der Waals surface area contributed by atoms with Crippen molar-refractivity contribution >= 4 is 39.8 Å². The highest BCUT2D eigenvalue weighted by atomic mass is 35.5. The average molecular weight is 341 g/mol. The van der Waals surface area contributed by atoms with Gasteiger partial charge in [-0.05, 0) is 49.2 Å². The zero-order chi connectivity index (χ0) is 15.6. The summed E-state index contributed by atoms with van der Waals surface area (Å²) < 4.78 is 12.3. The molecule has 2 aromatic rings. The first-order valence-corrected chi connectivity index (χ1v) is 8.40. The van der Waals surface area contributed by atoms with Crippen molar-refractivity contribution in [1.29, 1.82) is 0 Å². The van der Waals surface area contributed by atoms with Gasteiger partial charge in [-0.2, -0.15) is 0 Å². The number of hydrogen-bond donors (Lipinski definition) is 0. The first-order chi connectivity index (χ1) is 9.88. The van der Waals surface area contributed by atoms with Gasteiger partial charge in [0.05, 0.1) is 26.5 Å². The average Bonchev–Trinajstić information content (AvgIpc) is 2.44. The summed E-state index contributed by atoms with van der Waals surface area (Å²) in [5, 5.41) is 0.798. The fourth-order valence-corrected chi connectivity index (χ4v) is 3.56. The number of benzene rings is 2. The molecule has 0 N–H and O–H groups in total. The number of ketones is 1. The second-order valence-corrected chi connectivity index (χ2v) is 7.05. The zero-order valence-electron chi connectivity index (χ0n) is 11.7. The fraction of sp³-hybridized carbons (Fsp3) is 0.188. The van der Waals surface area contributed by atoms with E-state index in [1.807, 2.05) is 26.0 Å². The van der Waals surface area contributed by atoms with E-state index < -0.39 is 10.8 Å². The molecular formula is C16H14Cl2O2S. The minimum Gasteiger partial charge on any atom is -0.293 e. The van der Waals surface area contributed by atoms with Crippen LogP contribution in [0.4, 0.5) is 0 Å². The first-order valence-electron chi connectivity index (χ1n) is 6.32. The molecule has 5 heteroatoms. The van der Waals surface area contributed by atoms with Crippen molar-refractivity contribution in [3.8, 4) is 0 Å². The van der Waals surface area contributed by atoms with Crippen molar-refractivity contribution in [3.63, 3.8) is 0 Å². The molecule has 0 aliphatic carbocycles. The third kappa shape index (κ3) is 3.94. The van der Waals surface area contributed by atoms with Gasteiger partial charge in [-0.1, -0.05) is 35.3 Å². The lowest BCUT2D eigenvalue weighted by Gasteiger charge is -2.07. The van der Waals surface area contributed by atoms with Crippen LogP contribution in [-0.2, 0) is 10.8 Å². The number of rotatable bonds is 4. The molecule has 1 unspecified atom stereocenters. The van der Waals surface area contributed by atoms with Gasteiger partial charge in [0.1, 0.15) is 0 Å². The van der Waals surface area contributed by atoms with Crippen molar-refractivity contribution in [3.05, 3.63) is 63.1 Å². The number of aryl methyl sites for hydroxylation is 2. The van der Waals surface area contributed by atoms with E-state index in [4.69, 9.17) is 23.2 Å². The summed E-state index contributed by atoms with van der Waals surface area (Å²) in [5.41, 5.74) is 2.71. The smallest absolute Gasteiger partial charge is 0.175 e. The van der Waals surface area contributed by atoms with E-state index in [0.717, 1.165) is 11.1 Å². The molecule has 0 saturated carbocycles. The van der Waals surface area contributed by atoms with Gasteiger partial charge in [-0.15, -0.1) is 0 Å². The number of carbonyl (C=O) groups excluding carboxylic acids is 1. The van der Waals surface area contributed by atoms with E-state index in [9.17, 15) is 9.00 Å². The van der Waals surface area contributed by atoms with Crippen molar-refractivity contribution in [2.75, 3.05) is 5.75 Å². The zero-order valence-corrected chi connectivity index (χ0v) is 14.0. The van der Waals surface area contributed by atoms with Crippen LogP contribution in [0.3, 0.4) is 0 Å². The lowest BCUT2D eigenvalue weighted by atomic mass is 10.0. The Morgan fingerprint density at radius 2 is 1.76 bits per heavy atom. The third-order valence-corrected chi connectivity index (χ3v) is 5.26. The third-order valence-electron chi connectivity index (χ3n) is 3.23. The lowest BCUT2D eigenvalue weighted by molar-refractivity contribution is 0.102. The predicted octanol–water partition coefficient (Wildman–Crippen LogP) is 4.60. The Morgan fingerprint density at radius 3 is 2.43 bits per heavy atom. The van der Waals surface area contributed by atoms with Crippen molar-refractivity contribution in [2.24, 2.45) is 0 Å². The minimum absolute atomic E-state index is 0.109.